The number of nitrogens with one attached hydrogen (secondary N) is 2. The Kier molecular flexibility index (Phi) is 9.14. The molecular formula is C17H29ClN2O2. The van der Waals surface area contributed by atoms with Gasteiger partial charge in [0.1, 0.15) is 5.75 Å². The molecule has 0 aliphatic carbocycles. The maximum atomic E-state index is 12.0. The molecule has 4 nitrogen and oxygen atoms in total. The van der Waals surface area contributed by atoms with Gasteiger partial charge in [0.05, 0.1) is 0 Å². The van der Waals surface area contributed by atoms with Gasteiger partial charge in [-0.1, -0.05) is 26.0 Å². The minimum absolute atomic E-state index is 0. The fourth-order valence-electron chi connectivity index (χ4n) is 1.85. The van der Waals surface area contributed by atoms with E-state index in [2.05, 4.69) is 30.5 Å². The standard InChI is InChI=1S/C17H28N2O2.ClH/c1-11(2)15-8-7-12(3)16(9-15)21-14(5)17(20)19-10-13(4)18-6;/h7-9,11,13-14,18H,10H2,1-6H3,(H,19,20);1H. The Bertz CT molecular complexity index is 478. The van der Waals surface area contributed by atoms with E-state index in [0.29, 0.717) is 12.5 Å². The molecule has 1 rings (SSSR count). The SMILES string of the molecule is CNC(C)CNC(=O)C(C)Oc1cc(C(C)C)ccc1C.Cl. The van der Waals surface area contributed by atoms with Gasteiger partial charge < -0.3 is 15.4 Å². The molecule has 1 aromatic rings. The number of amides is 1. The Balaban J connectivity index is 0.00000441. The molecule has 0 saturated heterocycles. The van der Waals surface area contributed by atoms with Crippen LogP contribution in [0.2, 0.25) is 0 Å². The summed E-state index contributed by atoms with van der Waals surface area (Å²) in [7, 11) is 1.87. The lowest BCUT2D eigenvalue weighted by Gasteiger charge is -2.19. The van der Waals surface area contributed by atoms with Crippen LogP contribution in [0.15, 0.2) is 18.2 Å². The predicted octanol–water partition coefficient (Wildman–Crippen LogP) is 3.03. The van der Waals surface area contributed by atoms with Crippen LogP contribution >= 0.6 is 12.4 Å². The molecule has 0 bridgehead atoms. The van der Waals surface area contributed by atoms with Crippen LogP contribution in [0.3, 0.4) is 0 Å². The molecule has 0 aliphatic rings. The van der Waals surface area contributed by atoms with Crippen molar-refractivity contribution in [3.05, 3.63) is 29.3 Å². The smallest absolute Gasteiger partial charge is 0.260 e. The highest BCUT2D eigenvalue weighted by Gasteiger charge is 2.16. The van der Waals surface area contributed by atoms with Gasteiger partial charge in [-0.3, -0.25) is 4.79 Å². The molecule has 1 aromatic carbocycles. The van der Waals surface area contributed by atoms with E-state index in [-0.39, 0.29) is 24.4 Å². The van der Waals surface area contributed by atoms with Crippen LogP contribution in [0.4, 0.5) is 0 Å². The summed E-state index contributed by atoms with van der Waals surface area (Å²) in [6.07, 6.45) is -0.504. The summed E-state index contributed by atoms with van der Waals surface area (Å²) in [5, 5.41) is 5.97. The number of halogens is 1. The average Bonchev–Trinajstić information content (AvgIpc) is 2.46. The summed E-state index contributed by atoms with van der Waals surface area (Å²) >= 11 is 0. The normalized spacial score (nSPS) is 13.2. The largest absolute Gasteiger partial charge is 0.481 e. The van der Waals surface area contributed by atoms with Gasteiger partial charge in [0.2, 0.25) is 0 Å². The third-order valence-corrected chi connectivity index (χ3v) is 3.63. The van der Waals surface area contributed by atoms with Crippen molar-refractivity contribution < 1.29 is 9.53 Å². The zero-order valence-electron chi connectivity index (χ0n) is 14.4. The van der Waals surface area contributed by atoms with Crippen LogP contribution in [0.1, 0.15) is 44.7 Å². The van der Waals surface area contributed by atoms with Crippen molar-refractivity contribution in [3.63, 3.8) is 0 Å². The second-order valence-electron chi connectivity index (χ2n) is 5.87. The van der Waals surface area contributed by atoms with Gasteiger partial charge >= 0.3 is 0 Å². The molecule has 2 atom stereocenters. The first-order chi connectivity index (χ1) is 9.85. The van der Waals surface area contributed by atoms with Gasteiger partial charge in [0.15, 0.2) is 6.10 Å². The number of likely N-dealkylation sites (N-methyl/N-ethyl adjacent to an activating group) is 1. The van der Waals surface area contributed by atoms with Gasteiger partial charge in [-0.25, -0.2) is 0 Å². The van der Waals surface area contributed by atoms with Gasteiger partial charge in [0, 0.05) is 12.6 Å². The first-order valence-corrected chi connectivity index (χ1v) is 7.57. The number of ether oxygens (including phenoxy) is 1. The highest BCUT2D eigenvalue weighted by atomic mass is 35.5. The van der Waals surface area contributed by atoms with E-state index in [9.17, 15) is 4.79 Å². The number of carbonyl (C=O) groups excluding carboxylic acids is 1. The topological polar surface area (TPSA) is 50.4 Å². The quantitative estimate of drug-likeness (QED) is 0.809. The van der Waals surface area contributed by atoms with Gasteiger partial charge in [-0.2, -0.15) is 0 Å². The summed E-state index contributed by atoms with van der Waals surface area (Å²) in [4.78, 5) is 12.0. The van der Waals surface area contributed by atoms with E-state index in [4.69, 9.17) is 4.74 Å². The van der Waals surface area contributed by atoms with Crippen molar-refractivity contribution in [1.29, 1.82) is 0 Å². The van der Waals surface area contributed by atoms with Crippen molar-refractivity contribution in [2.75, 3.05) is 13.6 Å². The second-order valence-corrected chi connectivity index (χ2v) is 5.87. The van der Waals surface area contributed by atoms with Crippen LogP contribution < -0.4 is 15.4 Å². The van der Waals surface area contributed by atoms with Gasteiger partial charge in [-0.05, 0) is 50.9 Å². The minimum atomic E-state index is -0.504. The molecule has 0 saturated carbocycles. The van der Waals surface area contributed by atoms with E-state index >= 15 is 0 Å². The molecule has 0 radical (unpaired) electrons. The molecule has 22 heavy (non-hydrogen) atoms. The highest BCUT2D eigenvalue weighted by Crippen LogP contribution is 2.25. The molecule has 0 aromatic heterocycles. The third kappa shape index (κ3) is 6.24. The summed E-state index contributed by atoms with van der Waals surface area (Å²) in [5.41, 5.74) is 2.26. The maximum Gasteiger partial charge on any atom is 0.260 e. The number of hydrogen-bond donors (Lipinski definition) is 2. The molecule has 0 aliphatic heterocycles. The second kappa shape index (κ2) is 9.70. The van der Waals surface area contributed by atoms with Gasteiger partial charge in [-0.15, -0.1) is 12.4 Å². The minimum Gasteiger partial charge on any atom is -0.481 e. The first kappa shape index (κ1) is 20.7. The Labute approximate surface area is 140 Å². The molecule has 5 heteroatoms. The summed E-state index contributed by atoms with van der Waals surface area (Å²) in [6.45, 7) is 10.7. The number of rotatable bonds is 7. The monoisotopic (exact) mass is 328 g/mol. The highest BCUT2D eigenvalue weighted by molar-refractivity contribution is 5.85. The van der Waals surface area contributed by atoms with Crippen LogP contribution in [-0.4, -0.2) is 31.6 Å². The van der Waals surface area contributed by atoms with E-state index in [1.807, 2.05) is 33.0 Å². The lowest BCUT2D eigenvalue weighted by molar-refractivity contribution is -0.127. The number of carbonyl (C=O) groups is 1. The molecular weight excluding hydrogens is 300 g/mol. The van der Waals surface area contributed by atoms with Crippen molar-refractivity contribution in [1.82, 2.24) is 10.6 Å². The van der Waals surface area contributed by atoms with Crippen molar-refractivity contribution >= 4 is 18.3 Å². The Morgan fingerprint density at radius 2 is 1.86 bits per heavy atom. The molecule has 1 amide bonds. The van der Waals surface area contributed by atoms with Crippen molar-refractivity contribution in [2.24, 2.45) is 0 Å². The maximum absolute atomic E-state index is 12.0. The fraction of sp³-hybridized carbons (Fsp3) is 0.588. The Morgan fingerprint density at radius 3 is 2.41 bits per heavy atom. The zero-order chi connectivity index (χ0) is 16.0. The van der Waals surface area contributed by atoms with Crippen LogP contribution in [0.25, 0.3) is 0 Å². The summed E-state index contributed by atoms with van der Waals surface area (Å²) in [6, 6.07) is 6.41. The van der Waals surface area contributed by atoms with Crippen molar-refractivity contribution in [2.45, 2.75) is 52.7 Å². The van der Waals surface area contributed by atoms with Crippen LogP contribution in [0.5, 0.6) is 5.75 Å². The average molecular weight is 329 g/mol. The van der Waals surface area contributed by atoms with Gasteiger partial charge in [0.25, 0.3) is 5.91 Å². The predicted molar refractivity (Wildman–Crippen MR) is 94.1 cm³/mol. The lowest BCUT2D eigenvalue weighted by atomic mass is 10.0. The lowest BCUT2D eigenvalue weighted by Crippen LogP contribution is -2.42. The molecule has 0 heterocycles. The Hall–Kier alpha value is -1.26. The molecule has 0 fully saturated rings. The van der Waals surface area contributed by atoms with E-state index in [0.717, 1.165) is 11.3 Å². The summed E-state index contributed by atoms with van der Waals surface area (Å²) < 4.78 is 5.83. The van der Waals surface area contributed by atoms with E-state index in [1.165, 1.54) is 5.56 Å². The number of aryl methyl sites for hydroxylation is 1. The number of benzene rings is 1. The van der Waals surface area contributed by atoms with E-state index < -0.39 is 6.10 Å². The Morgan fingerprint density at radius 1 is 1.23 bits per heavy atom. The van der Waals surface area contributed by atoms with Crippen LogP contribution in [-0.2, 0) is 4.79 Å². The van der Waals surface area contributed by atoms with E-state index in [1.54, 1.807) is 6.92 Å². The molecule has 2 unspecified atom stereocenters. The molecule has 126 valence electrons. The zero-order valence-corrected chi connectivity index (χ0v) is 15.2. The summed E-state index contributed by atoms with van der Waals surface area (Å²) in [5.74, 6) is 1.13. The molecule has 0 spiro atoms. The van der Waals surface area contributed by atoms with Crippen molar-refractivity contribution in [3.8, 4) is 5.75 Å². The number of hydrogen-bond acceptors (Lipinski definition) is 3. The van der Waals surface area contributed by atoms with Crippen LogP contribution in [0, 0.1) is 6.92 Å². The first-order valence-electron chi connectivity index (χ1n) is 7.57. The fourth-order valence-corrected chi connectivity index (χ4v) is 1.85. The molecule has 2 N–H and O–H groups in total. The third-order valence-electron chi connectivity index (χ3n) is 3.63.